The summed E-state index contributed by atoms with van der Waals surface area (Å²) in [5.74, 6) is -0.938. The SMILES string of the molecule is CC/C=C\C/C=C\C/C=C\CCCCCCCCC(=O)OCC(COC(=O)CCCCCCCCCCC)OC(=O)CCCCC/C=C\C=C/CCCC. The predicted molar refractivity (Wildman–Crippen MR) is 228 cm³/mol. The molecule has 0 N–H and O–H groups in total. The molecule has 0 amide bonds. The van der Waals surface area contributed by atoms with Gasteiger partial charge >= 0.3 is 17.9 Å². The molecule has 0 aliphatic heterocycles. The van der Waals surface area contributed by atoms with Crippen LogP contribution in [-0.2, 0) is 28.6 Å². The van der Waals surface area contributed by atoms with Crippen molar-refractivity contribution in [2.45, 2.75) is 213 Å². The highest BCUT2D eigenvalue weighted by Gasteiger charge is 2.19. The highest BCUT2D eigenvalue weighted by molar-refractivity contribution is 5.71. The Morgan fingerprint density at radius 2 is 0.796 bits per heavy atom. The fourth-order valence-electron chi connectivity index (χ4n) is 5.90. The topological polar surface area (TPSA) is 78.9 Å². The van der Waals surface area contributed by atoms with E-state index in [1.807, 2.05) is 0 Å². The van der Waals surface area contributed by atoms with Gasteiger partial charge in [-0.05, 0) is 70.6 Å². The molecule has 0 aliphatic carbocycles. The Labute approximate surface area is 332 Å². The van der Waals surface area contributed by atoms with Gasteiger partial charge in [0.1, 0.15) is 13.2 Å². The van der Waals surface area contributed by atoms with Crippen LogP contribution in [-0.4, -0.2) is 37.2 Å². The lowest BCUT2D eigenvalue weighted by molar-refractivity contribution is -0.167. The van der Waals surface area contributed by atoms with E-state index < -0.39 is 6.10 Å². The highest BCUT2D eigenvalue weighted by atomic mass is 16.6. The van der Waals surface area contributed by atoms with E-state index in [4.69, 9.17) is 14.2 Å². The Hall–Kier alpha value is -2.89. The summed E-state index contributed by atoms with van der Waals surface area (Å²) in [5, 5.41) is 0. The first-order chi connectivity index (χ1) is 26.5. The number of allylic oxidation sites excluding steroid dienone is 10. The summed E-state index contributed by atoms with van der Waals surface area (Å²) >= 11 is 0. The van der Waals surface area contributed by atoms with Crippen molar-refractivity contribution in [2.75, 3.05) is 13.2 Å². The molecule has 310 valence electrons. The number of carbonyl (C=O) groups is 3. The molecule has 0 fully saturated rings. The lowest BCUT2D eigenvalue weighted by atomic mass is 10.1. The van der Waals surface area contributed by atoms with E-state index in [-0.39, 0.29) is 31.1 Å². The number of carbonyl (C=O) groups excluding carboxylic acids is 3. The molecule has 6 heteroatoms. The lowest BCUT2D eigenvalue weighted by Gasteiger charge is -2.18. The number of hydrogen-bond acceptors (Lipinski definition) is 6. The van der Waals surface area contributed by atoms with E-state index in [1.165, 1.54) is 70.6 Å². The fourth-order valence-corrected chi connectivity index (χ4v) is 5.90. The second-order valence-electron chi connectivity index (χ2n) is 14.6. The Balaban J connectivity index is 4.39. The number of ether oxygens (including phenoxy) is 3. The molecule has 0 bridgehead atoms. The summed E-state index contributed by atoms with van der Waals surface area (Å²) < 4.78 is 16.6. The maximum absolute atomic E-state index is 12.7. The van der Waals surface area contributed by atoms with Crippen molar-refractivity contribution < 1.29 is 28.6 Å². The second-order valence-corrected chi connectivity index (χ2v) is 14.6. The van der Waals surface area contributed by atoms with Crippen LogP contribution >= 0.6 is 0 Å². The zero-order valence-electron chi connectivity index (χ0n) is 35.2. The third-order valence-corrected chi connectivity index (χ3v) is 9.28. The Bertz CT molecular complexity index is 1010. The quantitative estimate of drug-likeness (QED) is 0.0204. The monoisotopic (exact) mass is 755 g/mol. The Morgan fingerprint density at radius 3 is 1.31 bits per heavy atom. The van der Waals surface area contributed by atoms with E-state index in [9.17, 15) is 14.4 Å². The minimum absolute atomic E-state index is 0.0889. The van der Waals surface area contributed by atoms with E-state index in [1.54, 1.807) is 0 Å². The minimum Gasteiger partial charge on any atom is -0.462 e. The summed E-state index contributed by atoms with van der Waals surface area (Å²) in [5.41, 5.74) is 0. The number of esters is 3. The van der Waals surface area contributed by atoms with Crippen LogP contribution in [0.25, 0.3) is 0 Å². The molecule has 1 unspecified atom stereocenters. The predicted octanol–water partition coefficient (Wildman–Crippen LogP) is 14.1. The third kappa shape index (κ3) is 40.3. The van der Waals surface area contributed by atoms with Gasteiger partial charge in [0.15, 0.2) is 6.10 Å². The van der Waals surface area contributed by atoms with Crippen molar-refractivity contribution in [1.82, 2.24) is 0 Å². The van der Waals surface area contributed by atoms with E-state index in [2.05, 4.69) is 81.5 Å². The highest BCUT2D eigenvalue weighted by Crippen LogP contribution is 2.13. The molecular weight excluding hydrogens is 673 g/mol. The van der Waals surface area contributed by atoms with Gasteiger partial charge in [-0.2, -0.15) is 0 Å². The largest absolute Gasteiger partial charge is 0.462 e. The standard InChI is InChI=1S/C48H82O6/c1-4-7-10-13-16-19-21-22-23-24-25-27-29-32-35-38-41-47(50)53-44-45(43-52-46(49)40-37-34-31-28-18-15-12-9-6-3)54-48(51)42-39-36-33-30-26-20-17-14-11-8-5-2/h7,10,14,16-17,19-20,22-23,26,45H,4-6,8-9,11-13,15,18,21,24-25,27-44H2,1-3H3/b10-7-,17-14-,19-16-,23-22-,26-20-. The molecular formula is C48H82O6. The summed E-state index contributed by atoms with van der Waals surface area (Å²) in [6.07, 6.45) is 50.6. The Kier molecular flexibility index (Phi) is 40.6. The van der Waals surface area contributed by atoms with Gasteiger partial charge in [0.2, 0.25) is 0 Å². The first-order valence-electron chi connectivity index (χ1n) is 22.3. The molecule has 0 heterocycles. The van der Waals surface area contributed by atoms with Gasteiger partial charge in [-0.25, -0.2) is 0 Å². The van der Waals surface area contributed by atoms with Gasteiger partial charge < -0.3 is 14.2 Å². The summed E-state index contributed by atoms with van der Waals surface area (Å²) in [6.45, 7) is 6.40. The lowest BCUT2D eigenvalue weighted by Crippen LogP contribution is -2.30. The average molecular weight is 755 g/mol. The van der Waals surface area contributed by atoms with Crippen LogP contribution in [0.2, 0.25) is 0 Å². The zero-order chi connectivity index (χ0) is 39.4. The van der Waals surface area contributed by atoms with Crippen LogP contribution in [0.1, 0.15) is 207 Å². The first-order valence-corrected chi connectivity index (χ1v) is 22.3. The summed E-state index contributed by atoms with van der Waals surface area (Å²) in [7, 11) is 0. The van der Waals surface area contributed by atoms with Crippen molar-refractivity contribution in [2.24, 2.45) is 0 Å². The van der Waals surface area contributed by atoms with Crippen LogP contribution in [0.3, 0.4) is 0 Å². The second kappa shape index (κ2) is 42.8. The zero-order valence-corrected chi connectivity index (χ0v) is 35.2. The number of hydrogen-bond donors (Lipinski definition) is 0. The van der Waals surface area contributed by atoms with Crippen LogP contribution < -0.4 is 0 Å². The van der Waals surface area contributed by atoms with E-state index in [0.717, 1.165) is 96.3 Å². The van der Waals surface area contributed by atoms with Gasteiger partial charge in [-0.1, -0.05) is 178 Å². The molecule has 0 spiro atoms. The van der Waals surface area contributed by atoms with Crippen molar-refractivity contribution in [3.05, 3.63) is 60.8 Å². The minimum atomic E-state index is -0.788. The molecule has 0 saturated heterocycles. The van der Waals surface area contributed by atoms with Gasteiger partial charge in [-0.3, -0.25) is 14.4 Å². The van der Waals surface area contributed by atoms with Gasteiger partial charge in [0.05, 0.1) is 0 Å². The molecule has 54 heavy (non-hydrogen) atoms. The van der Waals surface area contributed by atoms with E-state index in [0.29, 0.717) is 19.3 Å². The average Bonchev–Trinajstić information content (AvgIpc) is 3.17. The molecule has 6 nitrogen and oxygen atoms in total. The van der Waals surface area contributed by atoms with E-state index >= 15 is 0 Å². The van der Waals surface area contributed by atoms with Gasteiger partial charge in [0.25, 0.3) is 0 Å². The normalized spacial score (nSPS) is 12.6. The van der Waals surface area contributed by atoms with Crippen molar-refractivity contribution in [1.29, 1.82) is 0 Å². The third-order valence-electron chi connectivity index (χ3n) is 9.28. The van der Waals surface area contributed by atoms with Crippen LogP contribution in [0, 0.1) is 0 Å². The first kappa shape index (κ1) is 51.1. The molecule has 0 saturated carbocycles. The van der Waals surface area contributed by atoms with Crippen molar-refractivity contribution in [3.8, 4) is 0 Å². The summed E-state index contributed by atoms with van der Waals surface area (Å²) in [6, 6.07) is 0. The maximum atomic E-state index is 12.7. The van der Waals surface area contributed by atoms with Gasteiger partial charge in [0, 0.05) is 19.3 Å². The maximum Gasteiger partial charge on any atom is 0.306 e. The Morgan fingerprint density at radius 1 is 0.407 bits per heavy atom. The number of unbranched alkanes of at least 4 members (excludes halogenated alkanes) is 19. The van der Waals surface area contributed by atoms with Gasteiger partial charge in [-0.15, -0.1) is 0 Å². The molecule has 0 radical (unpaired) electrons. The molecule has 0 aromatic rings. The number of rotatable bonds is 39. The molecule has 1 atom stereocenters. The smallest absolute Gasteiger partial charge is 0.306 e. The fraction of sp³-hybridized carbons (Fsp3) is 0.729. The van der Waals surface area contributed by atoms with Crippen molar-refractivity contribution in [3.63, 3.8) is 0 Å². The molecule has 0 aliphatic rings. The van der Waals surface area contributed by atoms with Crippen LogP contribution in [0.15, 0.2) is 60.8 Å². The van der Waals surface area contributed by atoms with Crippen LogP contribution in [0.4, 0.5) is 0 Å². The van der Waals surface area contributed by atoms with Crippen LogP contribution in [0.5, 0.6) is 0 Å². The molecule has 0 rings (SSSR count). The molecule has 0 aromatic heterocycles. The molecule has 0 aromatic carbocycles. The summed E-state index contributed by atoms with van der Waals surface area (Å²) in [4.78, 5) is 37.6. The van der Waals surface area contributed by atoms with Crippen molar-refractivity contribution >= 4 is 17.9 Å².